The molecule has 1 fully saturated rings. The first-order valence-corrected chi connectivity index (χ1v) is 8.35. The van der Waals surface area contributed by atoms with Crippen LogP contribution in [0.15, 0.2) is 18.2 Å². The number of hydrogen-bond donors (Lipinski definition) is 0. The van der Waals surface area contributed by atoms with Crippen molar-refractivity contribution < 1.29 is 17.2 Å². The van der Waals surface area contributed by atoms with Gasteiger partial charge in [0.1, 0.15) is 0 Å². The normalized spacial score (nSPS) is 24.1. The van der Waals surface area contributed by atoms with Crippen molar-refractivity contribution in [3.05, 3.63) is 35.4 Å². The number of sulfone groups is 1. The summed E-state index contributed by atoms with van der Waals surface area (Å²) in [5.74, 6) is -1.69. The van der Waals surface area contributed by atoms with E-state index in [9.17, 15) is 17.2 Å². The van der Waals surface area contributed by atoms with Crippen LogP contribution >= 0.6 is 11.6 Å². The molecule has 19 heavy (non-hydrogen) atoms. The third kappa shape index (κ3) is 3.45. The first-order valence-electron chi connectivity index (χ1n) is 6.20. The van der Waals surface area contributed by atoms with Crippen molar-refractivity contribution in [1.29, 1.82) is 0 Å². The zero-order chi connectivity index (χ0) is 14.0. The summed E-state index contributed by atoms with van der Waals surface area (Å²) in [6.45, 7) is 0. The Morgan fingerprint density at radius 2 is 2.00 bits per heavy atom. The first-order chi connectivity index (χ1) is 8.90. The molecule has 0 amide bonds. The molecule has 1 aliphatic rings. The largest absolute Gasteiger partial charge is 0.228 e. The summed E-state index contributed by atoms with van der Waals surface area (Å²) in [4.78, 5) is 0. The topological polar surface area (TPSA) is 34.1 Å². The van der Waals surface area contributed by atoms with Crippen LogP contribution in [0.2, 0.25) is 0 Å². The summed E-state index contributed by atoms with van der Waals surface area (Å²) in [5.41, 5.74) is 0.514. The van der Waals surface area contributed by atoms with E-state index in [4.69, 9.17) is 11.6 Å². The molecule has 2 rings (SSSR count). The molecule has 0 bridgehead atoms. The number of benzene rings is 1. The van der Waals surface area contributed by atoms with Gasteiger partial charge in [0, 0.05) is 0 Å². The second kappa shape index (κ2) is 5.75. The van der Waals surface area contributed by atoms with Crippen LogP contribution in [0.1, 0.15) is 24.8 Å². The Morgan fingerprint density at radius 1 is 1.26 bits per heavy atom. The van der Waals surface area contributed by atoms with E-state index in [-0.39, 0.29) is 12.2 Å². The lowest BCUT2D eigenvalue weighted by molar-refractivity contribution is 0.505. The quantitative estimate of drug-likeness (QED) is 0.804. The molecule has 2 nitrogen and oxygen atoms in total. The minimum Gasteiger partial charge on any atom is -0.228 e. The van der Waals surface area contributed by atoms with E-state index in [2.05, 4.69) is 0 Å². The third-order valence-electron chi connectivity index (χ3n) is 3.45. The van der Waals surface area contributed by atoms with Crippen LogP contribution in [0, 0.1) is 11.6 Å². The molecule has 0 aliphatic carbocycles. The Balaban J connectivity index is 2.11. The van der Waals surface area contributed by atoms with Gasteiger partial charge in [-0.25, -0.2) is 17.2 Å². The van der Waals surface area contributed by atoms with E-state index in [0.29, 0.717) is 18.4 Å². The van der Waals surface area contributed by atoms with E-state index < -0.39 is 32.1 Å². The van der Waals surface area contributed by atoms with Gasteiger partial charge in [0.15, 0.2) is 21.5 Å². The maximum Gasteiger partial charge on any atom is 0.159 e. The van der Waals surface area contributed by atoms with E-state index in [1.807, 2.05) is 0 Å². The maximum atomic E-state index is 13.1. The second-order valence-corrected chi connectivity index (χ2v) is 7.77. The summed E-state index contributed by atoms with van der Waals surface area (Å²) >= 11 is 6.18. The molecule has 2 unspecified atom stereocenters. The van der Waals surface area contributed by atoms with Gasteiger partial charge in [-0.1, -0.05) is 12.5 Å². The molecule has 106 valence electrons. The minimum atomic E-state index is -3.16. The average Bonchev–Trinajstić information content (AvgIpc) is 2.33. The average molecular weight is 309 g/mol. The van der Waals surface area contributed by atoms with Gasteiger partial charge in [0.05, 0.1) is 16.4 Å². The number of alkyl halides is 1. The van der Waals surface area contributed by atoms with E-state index in [1.54, 1.807) is 0 Å². The lowest BCUT2D eigenvalue weighted by Gasteiger charge is -2.26. The van der Waals surface area contributed by atoms with E-state index in [0.717, 1.165) is 18.6 Å². The number of halogens is 3. The molecule has 0 N–H and O–H groups in total. The summed E-state index contributed by atoms with van der Waals surface area (Å²) in [6, 6.07) is 3.53. The van der Waals surface area contributed by atoms with Gasteiger partial charge in [-0.15, -0.1) is 11.6 Å². The Hall–Kier alpha value is -0.680. The summed E-state index contributed by atoms with van der Waals surface area (Å²) < 4.78 is 49.7. The predicted molar refractivity (Wildman–Crippen MR) is 71.1 cm³/mol. The fraction of sp³-hybridized carbons (Fsp3) is 0.538. The predicted octanol–water partition coefficient (Wildman–Crippen LogP) is 3.08. The Morgan fingerprint density at radius 3 is 2.63 bits per heavy atom. The van der Waals surface area contributed by atoms with E-state index in [1.165, 1.54) is 6.07 Å². The standard InChI is InChI=1S/C13H15ClF2O2S/c14-10(13-3-1-2-6-19(13,17)18)7-9-4-5-11(15)12(16)8-9/h4-5,8,10,13H,1-3,6-7H2. The highest BCUT2D eigenvalue weighted by atomic mass is 35.5. The maximum absolute atomic E-state index is 13.1. The molecule has 1 saturated heterocycles. The van der Waals surface area contributed by atoms with Gasteiger partial charge in [0.2, 0.25) is 0 Å². The lowest BCUT2D eigenvalue weighted by Crippen LogP contribution is -2.36. The molecule has 1 aliphatic heterocycles. The molecule has 0 aromatic heterocycles. The van der Waals surface area contributed by atoms with Crippen molar-refractivity contribution in [3.8, 4) is 0 Å². The van der Waals surface area contributed by atoms with Crippen molar-refractivity contribution in [2.24, 2.45) is 0 Å². The smallest absolute Gasteiger partial charge is 0.159 e. The molecule has 0 radical (unpaired) electrons. The highest BCUT2D eigenvalue weighted by molar-refractivity contribution is 7.92. The Labute approximate surface area is 116 Å². The van der Waals surface area contributed by atoms with Crippen molar-refractivity contribution >= 4 is 21.4 Å². The summed E-state index contributed by atoms with van der Waals surface area (Å²) in [5, 5.41) is -1.19. The summed E-state index contributed by atoms with van der Waals surface area (Å²) in [6.07, 6.45) is 2.28. The zero-order valence-corrected chi connectivity index (χ0v) is 11.9. The molecular formula is C13H15ClF2O2S. The Kier molecular flexibility index (Phi) is 4.46. The number of rotatable bonds is 3. The third-order valence-corrected chi connectivity index (χ3v) is 6.40. The molecule has 1 aromatic carbocycles. The highest BCUT2D eigenvalue weighted by Gasteiger charge is 2.34. The minimum absolute atomic E-state index is 0.165. The van der Waals surface area contributed by atoms with Crippen LogP contribution in [-0.4, -0.2) is 24.8 Å². The summed E-state index contributed by atoms with van der Waals surface area (Å²) in [7, 11) is -3.16. The monoisotopic (exact) mass is 308 g/mol. The van der Waals surface area contributed by atoms with E-state index >= 15 is 0 Å². The van der Waals surface area contributed by atoms with Crippen molar-refractivity contribution in [1.82, 2.24) is 0 Å². The first kappa shape index (κ1) is 14.7. The van der Waals surface area contributed by atoms with Gasteiger partial charge in [0.25, 0.3) is 0 Å². The van der Waals surface area contributed by atoms with Crippen LogP contribution in [0.25, 0.3) is 0 Å². The van der Waals surface area contributed by atoms with Crippen LogP contribution in [-0.2, 0) is 16.3 Å². The Bertz CT molecular complexity index is 560. The van der Waals surface area contributed by atoms with Gasteiger partial charge in [-0.2, -0.15) is 0 Å². The molecule has 1 heterocycles. The van der Waals surface area contributed by atoms with Crippen molar-refractivity contribution in [3.63, 3.8) is 0 Å². The fourth-order valence-electron chi connectivity index (χ4n) is 2.41. The molecule has 0 saturated carbocycles. The number of hydrogen-bond acceptors (Lipinski definition) is 2. The van der Waals surface area contributed by atoms with Gasteiger partial charge < -0.3 is 0 Å². The van der Waals surface area contributed by atoms with Gasteiger partial charge in [-0.3, -0.25) is 0 Å². The van der Waals surface area contributed by atoms with Gasteiger partial charge in [-0.05, 0) is 37.0 Å². The van der Waals surface area contributed by atoms with Crippen LogP contribution < -0.4 is 0 Å². The second-order valence-electron chi connectivity index (χ2n) is 4.87. The lowest BCUT2D eigenvalue weighted by atomic mass is 10.0. The van der Waals surface area contributed by atoms with Gasteiger partial charge >= 0.3 is 0 Å². The molecular weight excluding hydrogens is 294 g/mol. The highest BCUT2D eigenvalue weighted by Crippen LogP contribution is 2.27. The fourth-order valence-corrected chi connectivity index (χ4v) is 5.16. The zero-order valence-electron chi connectivity index (χ0n) is 10.3. The molecule has 0 spiro atoms. The molecule has 2 atom stereocenters. The van der Waals surface area contributed by atoms with Crippen LogP contribution in [0.5, 0.6) is 0 Å². The van der Waals surface area contributed by atoms with Crippen molar-refractivity contribution in [2.45, 2.75) is 36.3 Å². The molecule has 6 heteroatoms. The van der Waals surface area contributed by atoms with Crippen molar-refractivity contribution in [2.75, 3.05) is 5.75 Å². The van der Waals surface area contributed by atoms with Crippen LogP contribution in [0.3, 0.4) is 0 Å². The van der Waals surface area contributed by atoms with Crippen LogP contribution in [0.4, 0.5) is 8.78 Å². The SMILES string of the molecule is O=S1(=O)CCCCC1C(Cl)Cc1ccc(F)c(F)c1. The molecule has 1 aromatic rings.